The van der Waals surface area contributed by atoms with E-state index in [0.717, 1.165) is 23.9 Å². The minimum Gasteiger partial charge on any atom is -0.375 e. The lowest BCUT2D eigenvalue weighted by atomic mass is 10.1. The largest absolute Gasteiger partial charge is 0.375 e. The second-order valence-corrected chi connectivity index (χ2v) is 6.66. The number of rotatable bonds is 5. The number of hydrogen-bond acceptors (Lipinski definition) is 4. The van der Waals surface area contributed by atoms with E-state index in [4.69, 9.17) is 4.74 Å². The van der Waals surface area contributed by atoms with Gasteiger partial charge in [0.2, 0.25) is 0 Å². The number of aromatic nitrogens is 1. The first-order valence-corrected chi connectivity index (χ1v) is 6.90. The predicted octanol–water partition coefficient (Wildman–Crippen LogP) is 3.09. The standard InChI is InChI=1S/C13H24N2OS/c1-10-9-17-11(15-10)13(5,6)14-7-8-16-12(2,3)4/h9,14H,7-8H2,1-6H3. The van der Waals surface area contributed by atoms with Gasteiger partial charge in [0.15, 0.2) is 0 Å². The van der Waals surface area contributed by atoms with E-state index in [0.29, 0.717) is 0 Å². The van der Waals surface area contributed by atoms with Crippen LogP contribution < -0.4 is 5.32 Å². The Kier molecular flexibility index (Phi) is 4.69. The number of ether oxygens (including phenoxy) is 1. The zero-order chi connectivity index (χ0) is 13.1. The van der Waals surface area contributed by atoms with Crippen LogP contribution in [0.5, 0.6) is 0 Å². The second kappa shape index (κ2) is 5.46. The van der Waals surface area contributed by atoms with Gasteiger partial charge in [-0.05, 0) is 41.5 Å². The molecule has 1 heterocycles. The van der Waals surface area contributed by atoms with Crippen molar-refractivity contribution < 1.29 is 4.74 Å². The number of hydrogen-bond donors (Lipinski definition) is 1. The van der Waals surface area contributed by atoms with Crippen LogP contribution >= 0.6 is 11.3 Å². The van der Waals surface area contributed by atoms with Gasteiger partial charge in [0, 0.05) is 17.6 Å². The SMILES string of the molecule is Cc1csc(C(C)(C)NCCOC(C)(C)C)n1. The maximum absolute atomic E-state index is 5.69. The van der Waals surface area contributed by atoms with Gasteiger partial charge in [0.1, 0.15) is 5.01 Å². The van der Waals surface area contributed by atoms with E-state index in [-0.39, 0.29) is 11.1 Å². The highest BCUT2D eigenvalue weighted by Crippen LogP contribution is 2.23. The zero-order valence-corrected chi connectivity index (χ0v) is 12.6. The molecular formula is C13H24N2OS. The van der Waals surface area contributed by atoms with Crippen molar-refractivity contribution in [1.82, 2.24) is 10.3 Å². The lowest BCUT2D eigenvalue weighted by Crippen LogP contribution is -2.39. The highest BCUT2D eigenvalue weighted by molar-refractivity contribution is 7.09. The number of thiazole rings is 1. The summed E-state index contributed by atoms with van der Waals surface area (Å²) in [5.41, 5.74) is 0.940. The van der Waals surface area contributed by atoms with Crippen LogP contribution in [0.25, 0.3) is 0 Å². The van der Waals surface area contributed by atoms with Gasteiger partial charge in [-0.15, -0.1) is 11.3 Å². The molecule has 0 unspecified atom stereocenters. The summed E-state index contributed by atoms with van der Waals surface area (Å²) < 4.78 is 5.69. The Balaban J connectivity index is 2.40. The van der Waals surface area contributed by atoms with Gasteiger partial charge < -0.3 is 10.1 Å². The van der Waals surface area contributed by atoms with Crippen LogP contribution in [0.15, 0.2) is 5.38 Å². The van der Waals surface area contributed by atoms with Crippen molar-refractivity contribution in [3.63, 3.8) is 0 Å². The lowest BCUT2D eigenvalue weighted by Gasteiger charge is -2.26. The number of nitrogens with one attached hydrogen (secondary N) is 1. The van der Waals surface area contributed by atoms with Gasteiger partial charge in [0.05, 0.1) is 17.7 Å². The van der Waals surface area contributed by atoms with Crippen molar-refractivity contribution in [2.75, 3.05) is 13.2 Å². The molecule has 0 amide bonds. The fourth-order valence-electron chi connectivity index (χ4n) is 1.44. The lowest BCUT2D eigenvalue weighted by molar-refractivity contribution is -0.00291. The van der Waals surface area contributed by atoms with Crippen LogP contribution in [0.1, 0.15) is 45.3 Å². The number of nitrogens with zero attached hydrogens (tertiary/aromatic N) is 1. The van der Waals surface area contributed by atoms with Gasteiger partial charge in [0.25, 0.3) is 0 Å². The van der Waals surface area contributed by atoms with E-state index in [1.54, 1.807) is 11.3 Å². The van der Waals surface area contributed by atoms with Crippen LogP contribution in [0.4, 0.5) is 0 Å². The molecule has 4 heteroatoms. The van der Waals surface area contributed by atoms with Gasteiger partial charge in [-0.25, -0.2) is 4.98 Å². The Labute approximate surface area is 109 Å². The molecule has 0 aromatic carbocycles. The van der Waals surface area contributed by atoms with E-state index in [2.05, 4.69) is 50.3 Å². The summed E-state index contributed by atoms with van der Waals surface area (Å²) in [7, 11) is 0. The Hall–Kier alpha value is -0.450. The molecule has 98 valence electrons. The van der Waals surface area contributed by atoms with E-state index in [1.165, 1.54) is 0 Å². The molecule has 1 aromatic heterocycles. The van der Waals surface area contributed by atoms with Gasteiger partial charge in [-0.2, -0.15) is 0 Å². The highest BCUT2D eigenvalue weighted by Gasteiger charge is 2.23. The van der Waals surface area contributed by atoms with E-state index < -0.39 is 0 Å². The molecule has 0 aliphatic carbocycles. The molecule has 0 atom stereocenters. The third-order valence-electron chi connectivity index (χ3n) is 2.36. The topological polar surface area (TPSA) is 34.1 Å². The average molecular weight is 256 g/mol. The van der Waals surface area contributed by atoms with E-state index >= 15 is 0 Å². The van der Waals surface area contributed by atoms with Crippen molar-refractivity contribution in [3.8, 4) is 0 Å². The van der Waals surface area contributed by atoms with E-state index in [9.17, 15) is 0 Å². The summed E-state index contributed by atoms with van der Waals surface area (Å²) in [4.78, 5) is 4.53. The molecule has 17 heavy (non-hydrogen) atoms. The molecule has 1 aromatic rings. The Bertz CT molecular complexity index is 353. The molecule has 0 fully saturated rings. The second-order valence-electron chi connectivity index (χ2n) is 5.81. The summed E-state index contributed by atoms with van der Waals surface area (Å²) in [5.74, 6) is 0. The first-order chi connectivity index (χ1) is 7.71. The zero-order valence-electron chi connectivity index (χ0n) is 11.8. The molecule has 3 nitrogen and oxygen atoms in total. The molecule has 1 N–H and O–H groups in total. The van der Waals surface area contributed by atoms with Crippen molar-refractivity contribution in [1.29, 1.82) is 0 Å². The van der Waals surface area contributed by atoms with Crippen molar-refractivity contribution >= 4 is 11.3 Å². The summed E-state index contributed by atoms with van der Waals surface area (Å²) in [6.07, 6.45) is 0. The molecule has 0 aliphatic rings. The third kappa shape index (κ3) is 5.15. The smallest absolute Gasteiger partial charge is 0.112 e. The Morgan fingerprint density at radius 2 is 1.94 bits per heavy atom. The molecule has 0 saturated heterocycles. The van der Waals surface area contributed by atoms with Crippen LogP contribution in [0, 0.1) is 6.92 Å². The summed E-state index contributed by atoms with van der Waals surface area (Å²) >= 11 is 1.71. The van der Waals surface area contributed by atoms with Crippen LogP contribution in [0.3, 0.4) is 0 Å². The third-order valence-corrected chi connectivity index (χ3v) is 3.64. The fraction of sp³-hybridized carbons (Fsp3) is 0.769. The normalized spacial score (nSPS) is 13.1. The maximum atomic E-state index is 5.69. The molecule has 0 aliphatic heterocycles. The quantitative estimate of drug-likeness (QED) is 0.822. The van der Waals surface area contributed by atoms with Crippen LogP contribution in [-0.2, 0) is 10.3 Å². The van der Waals surface area contributed by atoms with Crippen LogP contribution in [0.2, 0.25) is 0 Å². The molecule has 0 saturated carbocycles. The van der Waals surface area contributed by atoms with Gasteiger partial charge in [-0.1, -0.05) is 0 Å². The molecule has 0 bridgehead atoms. The maximum Gasteiger partial charge on any atom is 0.112 e. The molecule has 0 spiro atoms. The van der Waals surface area contributed by atoms with Crippen molar-refractivity contribution in [3.05, 3.63) is 16.1 Å². The summed E-state index contributed by atoms with van der Waals surface area (Å²) in [6, 6.07) is 0. The first kappa shape index (κ1) is 14.6. The average Bonchev–Trinajstić information content (AvgIpc) is 2.59. The van der Waals surface area contributed by atoms with Crippen molar-refractivity contribution in [2.24, 2.45) is 0 Å². The Morgan fingerprint density at radius 1 is 1.29 bits per heavy atom. The van der Waals surface area contributed by atoms with Crippen molar-refractivity contribution in [2.45, 2.75) is 52.7 Å². The van der Waals surface area contributed by atoms with Gasteiger partial charge in [-0.3, -0.25) is 0 Å². The van der Waals surface area contributed by atoms with E-state index in [1.807, 2.05) is 6.92 Å². The molecule has 0 radical (unpaired) electrons. The Morgan fingerprint density at radius 3 is 2.41 bits per heavy atom. The predicted molar refractivity (Wildman–Crippen MR) is 73.6 cm³/mol. The monoisotopic (exact) mass is 256 g/mol. The first-order valence-electron chi connectivity index (χ1n) is 6.02. The number of aryl methyl sites for hydroxylation is 1. The fourth-order valence-corrected chi connectivity index (χ4v) is 2.34. The van der Waals surface area contributed by atoms with Gasteiger partial charge >= 0.3 is 0 Å². The van der Waals surface area contributed by atoms with Crippen LogP contribution in [-0.4, -0.2) is 23.7 Å². The minimum atomic E-state index is -0.0832. The summed E-state index contributed by atoms with van der Waals surface area (Å²) in [5, 5.41) is 6.70. The minimum absolute atomic E-state index is 0.0659. The highest BCUT2D eigenvalue weighted by atomic mass is 32.1. The molecule has 1 rings (SSSR count). The summed E-state index contributed by atoms with van der Waals surface area (Å²) in [6.45, 7) is 14.1. The molecular weight excluding hydrogens is 232 g/mol.